The lowest BCUT2D eigenvalue weighted by molar-refractivity contribution is 1.18. The Balaban J connectivity index is 1.09. The highest BCUT2D eigenvalue weighted by Crippen LogP contribution is 2.41. The van der Waals surface area contributed by atoms with Crippen LogP contribution in [-0.2, 0) is 0 Å². The van der Waals surface area contributed by atoms with Crippen LogP contribution in [0.4, 0.5) is 0 Å². The Morgan fingerprint density at radius 3 is 1.41 bits per heavy atom. The van der Waals surface area contributed by atoms with Gasteiger partial charge in [-0.25, -0.2) is 0 Å². The molecule has 0 aliphatic rings. The summed E-state index contributed by atoms with van der Waals surface area (Å²) in [5.74, 6) is 0. The largest absolute Gasteiger partial charge is 0.309 e. The molecule has 3 heteroatoms. The third kappa shape index (κ3) is 4.35. The molecular formula is C48H30N2S. The SMILES string of the molecule is c1ccc(-n2c3ccccc3c3cc(-c4ccc5c(c4)c4ccc(-c6ccc7c(c6)sc6ccccc67)cc4n5-c4ccccc4)ccc32)cc1. The van der Waals surface area contributed by atoms with E-state index in [4.69, 9.17) is 0 Å². The molecule has 0 fully saturated rings. The van der Waals surface area contributed by atoms with Crippen LogP contribution in [0.25, 0.3) is 97.4 Å². The number of benzene rings is 8. The predicted octanol–water partition coefficient (Wildman–Crippen LogP) is 13.6. The standard InChI is InChI=1S/C48H30N2S/c1-3-11-35(12-4-1)49-43-17-9-7-15-37(43)41-27-31(21-25-44(41)49)32-22-26-45-42(28-32)38-23-19-33(29-46(38)50(45)36-13-5-2-6-14-36)34-20-24-40-39-16-8-10-18-47(39)51-48(40)30-34/h1-30H. The Morgan fingerprint density at radius 2 is 0.725 bits per heavy atom. The first kappa shape index (κ1) is 28.4. The number of para-hydroxylation sites is 3. The lowest BCUT2D eigenvalue weighted by Gasteiger charge is -2.10. The summed E-state index contributed by atoms with van der Waals surface area (Å²) in [6.07, 6.45) is 0. The van der Waals surface area contributed by atoms with Crippen LogP contribution in [0.2, 0.25) is 0 Å². The molecule has 0 unspecified atom stereocenters. The van der Waals surface area contributed by atoms with Gasteiger partial charge in [0.05, 0.1) is 22.1 Å². The molecule has 0 saturated heterocycles. The maximum absolute atomic E-state index is 2.42. The first-order valence-corrected chi connectivity index (χ1v) is 18.2. The summed E-state index contributed by atoms with van der Waals surface area (Å²) in [7, 11) is 0. The number of thiophene rings is 1. The summed E-state index contributed by atoms with van der Waals surface area (Å²) in [5.41, 5.74) is 12.1. The normalized spacial score (nSPS) is 11.9. The molecule has 0 atom stereocenters. The van der Waals surface area contributed by atoms with E-state index in [1.165, 1.54) is 91.7 Å². The Morgan fingerprint density at radius 1 is 0.275 bits per heavy atom. The van der Waals surface area contributed by atoms with E-state index in [0.29, 0.717) is 0 Å². The lowest BCUT2D eigenvalue weighted by atomic mass is 9.99. The van der Waals surface area contributed by atoms with Gasteiger partial charge >= 0.3 is 0 Å². The molecule has 238 valence electrons. The van der Waals surface area contributed by atoms with Crippen molar-refractivity contribution >= 4 is 75.1 Å². The molecule has 0 aliphatic heterocycles. The first-order valence-electron chi connectivity index (χ1n) is 17.4. The summed E-state index contributed by atoms with van der Waals surface area (Å²) in [5, 5.41) is 7.70. The zero-order valence-corrected chi connectivity index (χ0v) is 28.4. The van der Waals surface area contributed by atoms with Crippen molar-refractivity contribution in [1.82, 2.24) is 9.13 Å². The van der Waals surface area contributed by atoms with E-state index < -0.39 is 0 Å². The average Bonchev–Trinajstić information content (AvgIpc) is 3.85. The van der Waals surface area contributed by atoms with Crippen molar-refractivity contribution in [2.75, 3.05) is 0 Å². The van der Waals surface area contributed by atoms with Crippen LogP contribution in [0.15, 0.2) is 182 Å². The highest BCUT2D eigenvalue weighted by atomic mass is 32.1. The molecule has 0 bridgehead atoms. The molecule has 11 aromatic rings. The molecule has 0 amide bonds. The van der Waals surface area contributed by atoms with Gasteiger partial charge in [0.15, 0.2) is 0 Å². The maximum Gasteiger partial charge on any atom is 0.0547 e. The van der Waals surface area contributed by atoms with Gasteiger partial charge in [-0.15, -0.1) is 11.3 Å². The van der Waals surface area contributed by atoms with Crippen LogP contribution < -0.4 is 0 Å². The second kappa shape index (κ2) is 11.0. The van der Waals surface area contributed by atoms with Crippen LogP contribution in [0.1, 0.15) is 0 Å². The molecule has 0 N–H and O–H groups in total. The van der Waals surface area contributed by atoms with Crippen molar-refractivity contribution in [2.24, 2.45) is 0 Å². The van der Waals surface area contributed by atoms with Crippen LogP contribution in [0, 0.1) is 0 Å². The maximum atomic E-state index is 2.42. The minimum Gasteiger partial charge on any atom is -0.309 e. The highest BCUT2D eigenvalue weighted by molar-refractivity contribution is 7.25. The summed E-state index contributed by atoms with van der Waals surface area (Å²) >= 11 is 1.87. The molecule has 11 rings (SSSR count). The van der Waals surface area contributed by atoms with E-state index >= 15 is 0 Å². The summed E-state index contributed by atoms with van der Waals surface area (Å²) < 4.78 is 7.46. The van der Waals surface area contributed by atoms with Crippen molar-refractivity contribution in [1.29, 1.82) is 0 Å². The van der Waals surface area contributed by atoms with E-state index in [1.807, 2.05) is 11.3 Å². The highest BCUT2D eigenvalue weighted by Gasteiger charge is 2.17. The van der Waals surface area contributed by atoms with E-state index in [0.717, 1.165) is 5.69 Å². The number of hydrogen-bond acceptors (Lipinski definition) is 1. The van der Waals surface area contributed by atoms with Crippen molar-refractivity contribution in [2.45, 2.75) is 0 Å². The number of aromatic nitrogens is 2. The van der Waals surface area contributed by atoms with Crippen LogP contribution >= 0.6 is 11.3 Å². The molecule has 0 saturated carbocycles. The molecule has 0 aliphatic carbocycles. The quantitative estimate of drug-likeness (QED) is 0.177. The zero-order valence-electron chi connectivity index (χ0n) is 27.6. The summed E-state index contributed by atoms with van der Waals surface area (Å²) in [6.45, 7) is 0. The number of hydrogen-bond donors (Lipinski definition) is 0. The minimum absolute atomic E-state index is 1.16. The number of rotatable bonds is 4. The van der Waals surface area contributed by atoms with Gasteiger partial charge in [0.2, 0.25) is 0 Å². The van der Waals surface area contributed by atoms with Crippen molar-refractivity contribution in [3.8, 4) is 33.6 Å². The molecule has 51 heavy (non-hydrogen) atoms. The smallest absolute Gasteiger partial charge is 0.0547 e. The third-order valence-corrected chi connectivity index (χ3v) is 11.6. The monoisotopic (exact) mass is 666 g/mol. The molecule has 2 nitrogen and oxygen atoms in total. The molecule has 3 aromatic heterocycles. The minimum atomic E-state index is 1.16. The molecule has 0 spiro atoms. The molecule has 0 radical (unpaired) electrons. The van der Waals surface area contributed by atoms with Gasteiger partial charge in [-0.2, -0.15) is 0 Å². The molecule has 3 heterocycles. The van der Waals surface area contributed by atoms with E-state index in [-0.39, 0.29) is 0 Å². The van der Waals surface area contributed by atoms with Gasteiger partial charge in [-0.1, -0.05) is 109 Å². The third-order valence-electron chi connectivity index (χ3n) is 10.5. The number of fused-ring (bicyclic) bond motifs is 9. The Kier molecular flexibility index (Phi) is 6.16. The number of nitrogens with zero attached hydrogens (tertiary/aromatic N) is 2. The fourth-order valence-corrected chi connectivity index (χ4v) is 9.29. The van der Waals surface area contributed by atoms with E-state index in [2.05, 4.69) is 191 Å². The van der Waals surface area contributed by atoms with E-state index in [9.17, 15) is 0 Å². The van der Waals surface area contributed by atoms with Gasteiger partial charge < -0.3 is 9.13 Å². The average molecular weight is 667 g/mol. The first-order chi connectivity index (χ1) is 25.3. The Bertz CT molecular complexity index is 3130. The fourth-order valence-electron chi connectivity index (χ4n) is 8.15. The zero-order chi connectivity index (χ0) is 33.5. The Labute approximate surface area is 298 Å². The van der Waals surface area contributed by atoms with Crippen molar-refractivity contribution in [3.63, 3.8) is 0 Å². The second-order valence-corrected chi connectivity index (χ2v) is 14.4. The Hall–Kier alpha value is -6.42. The molecule has 8 aromatic carbocycles. The van der Waals surface area contributed by atoms with Gasteiger partial charge in [0.1, 0.15) is 0 Å². The fraction of sp³-hybridized carbons (Fsp3) is 0. The summed E-state index contributed by atoms with van der Waals surface area (Å²) in [6, 6.07) is 66.7. The predicted molar refractivity (Wildman–Crippen MR) is 219 cm³/mol. The van der Waals surface area contributed by atoms with E-state index in [1.54, 1.807) is 0 Å². The van der Waals surface area contributed by atoms with Crippen molar-refractivity contribution in [3.05, 3.63) is 182 Å². The van der Waals surface area contributed by atoms with Gasteiger partial charge in [0.25, 0.3) is 0 Å². The van der Waals surface area contributed by atoms with Gasteiger partial charge in [0, 0.05) is 53.1 Å². The van der Waals surface area contributed by atoms with Crippen molar-refractivity contribution < 1.29 is 0 Å². The van der Waals surface area contributed by atoms with Gasteiger partial charge in [-0.05, 0) is 95.1 Å². The van der Waals surface area contributed by atoms with Crippen LogP contribution in [0.5, 0.6) is 0 Å². The van der Waals surface area contributed by atoms with Crippen LogP contribution in [-0.4, -0.2) is 9.13 Å². The second-order valence-electron chi connectivity index (χ2n) is 13.4. The topological polar surface area (TPSA) is 9.86 Å². The van der Waals surface area contributed by atoms with Crippen LogP contribution in [0.3, 0.4) is 0 Å². The lowest BCUT2D eigenvalue weighted by Crippen LogP contribution is -1.93. The van der Waals surface area contributed by atoms with Gasteiger partial charge in [-0.3, -0.25) is 0 Å². The molecular weight excluding hydrogens is 637 g/mol. The summed E-state index contributed by atoms with van der Waals surface area (Å²) in [4.78, 5) is 0.